The predicted octanol–water partition coefficient (Wildman–Crippen LogP) is 4.34. The van der Waals surface area contributed by atoms with Crippen molar-refractivity contribution in [3.8, 4) is 0 Å². The summed E-state index contributed by atoms with van der Waals surface area (Å²) in [5.74, 6) is -1.47. The van der Waals surface area contributed by atoms with Crippen LogP contribution in [0.3, 0.4) is 0 Å². The monoisotopic (exact) mass is 353 g/mol. The third-order valence-electron chi connectivity index (χ3n) is 3.78. The quantitative estimate of drug-likeness (QED) is 0.717. The number of hydrogen-bond acceptors (Lipinski definition) is 3. The summed E-state index contributed by atoms with van der Waals surface area (Å²) >= 11 is 0. The number of amides is 1. The lowest BCUT2D eigenvalue weighted by Gasteiger charge is -2.09. The second-order valence-electron chi connectivity index (χ2n) is 5.83. The van der Waals surface area contributed by atoms with Gasteiger partial charge >= 0.3 is 0 Å². The third-order valence-corrected chi connectivity index (χ3v) is 3.78. The van der Waals surface area contributed by atoms with Crippen LogP contribution in [-0.2, 0) is 6.54 Å². The molecule has 1 amide bonds. The molecular formula is C20H17F2N3O. The molecule has 4 nitrogen and oxygen atoms in total. The van der Waals surface area contributed by atoms with Gasteiger partial charge in [-0.15, -0.1) is 0 Å². The van der Waals surface area contributed by atoms with Gasteiger partial charge in [0.05, 0.1) is 5.56 Å². The van der Waals surface area contributed by atoms with Crippen molar-refractivity contribution in [2.75, 3.05) is 5.32 Å². The highest BCUT2D eigenvalue weighted by Crippen LogP contribution is 2.22. The van der Waals surface area contributed by atoms with Gasteiger partial charge in [-0.25, -0.2) is 13.8 Å². The highest BCUT2D eigenvalue weighted by Gasteiger charge is 2.10. The number of para-hydroxylation sites is 1. The number of hydrogen-bond donors (Lipinski definition) is 2. The average molecular weight is 353 g/mol. The number of rotatable bonds is 5. The fourth-order valence-electron chi connectivity index (χ4n) is 2.45. The maximum absolute atomic E-state index is 13.6. The number of halogens is 2. The Morgan fingerprint density at radius 2 is 1.77 bits per heavy atom. The molecule has 6 heteroatoms. The Kier molecular flexibility index (Phi) is 5.22. The minimum Gasteiger partial charge on any atom is -0.348 e. The number of anilines is 2. The van der Waals surface area contributed by atoms with Crippen molar-refractivity contribution >= 4 is 17.4 Å². The fourth-order valence-corrected chi connectivity index (χ4v) is 2.45. The molecule has 0 saturated carbocycles. The number of pyridine rings is 1. The molecule has 0 aliphatic carbocycles. The first-order valence-corrected chi connectivity index (χ1v) is 8.04. The lowest BCUT2D eigenvalue weighted by Crippen LogP contribution is -2.23. The Morgan fingerprint density at radius 1 is 1.04 bits per heavy atom. The molecule has 0 atom stereocenters. The lowest BCUT2D eigenvalue weighted by molar-refractivity contribution is 0.0950. The number of nitrogens with zero attached hydrogens (tertiary/aromatic N) is 1. The van der Waals surface area contributed by atoms with Crippen LogP contribution in [0.15, 0.2) is 60.8 Å². The normalized spacial score (nSPS) is 10.4. The van der Waals surface area contributed by atoms with E-state index in [4.69, 9.17) is 0 Å². The van der Waals surface area contributed by atoms with Crippen molar-refractivity contribution < 1.29 is 13.6 Å². The number of aryl methyl sites for hydroxylation is 1. The van der Waals surface area contributed by atoms with Crippen LogP contribution >= 0.6 is 0 Å². The SMILES string of the molecule is Cc1cccc(CNC(=O)c2ccc(Nc3c(F)cccc3F)nc2)c1. The highest BCUT2D eigenvalue weighted by atomic mass is 19.1. The zero-order valence-corrected chi connectivity index (χ0v) is 14.1. The van der Waals surface area contributed by atoms with Gasteiger partial charge in [-0.1, -0.05) is 35.9 Å². The van der Waals surface area contributed by atoms with E-state index in [1.165, 1.54) is 18.3 Å². The summed E-state index contributed by atoms with van der Waals surface area (Å²) < 4.78 is 27.3. The van der Waals surface area contributed by atoms with E-state index in [0.717, 1.165) is 23.3 Å². The van der Waals surface area contributed by atoms with E-state index in [9.17, 15) is 13.6 Å². The second kappa shape index (κ2) is 7.74. The summed E-state index contributed by atoms with van der Waals surface area (Å²) in [4.78, 5) is 16.2. The molecule has 0 fully saturated rings. The summed E-state index contributed by atoms with van der Waals surface area (Å²) in [5.41, 5.74) is 2.20. The Hall–Kier alpha value is -3.28. The minimum atomic E-state index is -0.716. The predicted molar refractivity (Wildman–Crippen MR) is 96.2 cm³/mol. The topological polar surface area (TPSA) is 54.0 Å². The van der Waals surface area contributed by atoms with Crippen molar-refractivity contribution in [3.63, 3.8) is 0 Å². The number of aromatic nitrogens is 1. The van der Waals surface area contributed by atoms with Gasteiger partial charge in [0.1, 0.15) is 23.1 Å². The maximum Gasteiger partial charge on any atom is 0.253 e. The zero-order chi connectivity index (χ0) is 18.5. The first-order chi connectivity index (χ1) is 12.5. The Labute approximate surface area is 149 Å². The molecule has 0 unspecified atom stereocenters. The number of carbonyl (C=O) groups is 1. The average Bonchev–Trinajstić information content (AvgIpc) is 2.63. The summed E-state index contributed by atoms with van der Waals surface area (Å²) in [7, 11) is 0. The van der Waals surface area contributed by atoms with Crippen LogP contribution in [0.25, 0.3) is 0 Å². The molecule has 1 heterocycles. The van der Waals surface area contributed by atoms with E-state index in [-0.39, 0.29) is 17.4 Å². The summed E-state index contributed by atoms with van der Waals surface area (Å²) in [6, 6.07) is 14.5. The van der Waals surface area contributed by atoms with Gasteiger partial charge in [-0.3, -0.25) is 4.79 Å². The molecule has 0 spiro atoms. The Morgan fingerprint density at radius 3 is 2.42 bits per heavy atom. The molecule has 26 heavy (non-hydrogen) atoms. The van der Waals surface area contributed by atoms with Gasteiger partial charge in [0.15, 0.2) is 0 Å². The van der Waals surface area contributed by atoms with Crippen molar-refractivity contribution in [1.82, 2.24) is 10.3 Å². The molecule has 2 aromatic carbocycles. The summed E-state index contributed by atoms with van der Waals surface area (Å²) in [6.07, 6.45) is 1.35. The number of carbonyl (C=O) groups excluding carboxylic acids is 1. The number of nitrogens with one attached hydrogen (secondary N) is 2. The molecule has 0 saturated heterocycles. The van der Waals surface area contributed by atoms with Crippen LogP contribution in [0.4, 0.5) is 20.3 Å². The van der Waals surface area contributed by atoms with Crippen LogP contribution in [0.5, 0.6) is 0 Å². The minimum absolute atomic E-state index is 0.240. The molecule has 2 N–H and O–H groups in total. The molecule has 3 rings (SSSR count). The molecule has 0 bridgehead atoms. The van der Waals surface area contributed by atoms with Crippen molar-refractivity contribution in [2.45, 2.75) is 13.5 Å². The molecule has 1 aromatic heterocycles. The van der Waals surface area contributed by atoms with Crippen LogP contribution in [0.1, 0.15) is 21.5 Å². The Balaban J connectivity index is 1.64. The molecule has 3 aromatic rings. The first kappa shape index (κ1) is 17.5. The van der Waals surface area contributed by atoms with Crippen molar-refractivity contribution in [1.29, 1.82) is 0 Å². The third kappa shape index (κ3) is 4.22. The van der Waals surface area contributed by atoms with Crippen molar-refractivity contribution in [3.05, 3.63) is 89.1 Å². The smallest absolute Gasteiger partial charge is 0.253 e. The van der Waals surface area contributed by atoms with E-state index >= 15 is 0 Å². The van der Waals surface area contributed by atoms with Gasteiger partial charge in [-0.2, -0.15) is 0 Å². The van der Waals surface area contributed by atoms with Gasteiger partial charge in [0, 0.05) is 12.7 Å². The summed E-state index contributed by atoms with van der Waals surface area (Å²) in [5, 5.41) is 5.39. The molecule has 0 radical (unpaired) electrons. The fraction of sp³-hybridized carbons (Fsp3) is 0.100. The summed E-state index contributed by atoms with van der Waals surface area (Å²) in [6.45, 7) is 2.39. The lowest BCUT2D eigenvalue weighted by atomic mass is 10.1. The van der Waals surface area contributed by atoms with Crippen LogP contribution in [0.2, 0.25) is 0 Å². The molecule has 0 aliphatic heterocycles. The second-order valence-corrected chi connectivity index (χ2v) is 5.83. The zero-order valence-electron chi connectivity index (χ0n) is 14.1. The van der Waals surface area contributed by atoms with Crippen LogP contribution in [0, 0.1) is 18.6 Å². The van der Waals surface area contributed by atoms with Gasteiger partial charge in [0.2, 0.25) is 0 Å². The maximum atomic E-state index is 13.6. The van der Waals surface area contributed by atoms with E-state index < -0.39 is 11.6 Å². The van der Waals surface area contributed by atoms with Crippen molar-refractivity contribution in [2.24, 2.45) is 0 Å². The Bertz CT molecular complexity index is 906. The number of benzene rings is 2. The highest BCUT2D eigenvalue weighted by molar-refractivity contribution is 5.94. The van der Waals surface area contributed by atoms with E-state index in [1.807, 2.05) is 31.2 Å². The molecular weight excluding hydrogens is 336 g/mol. The molecule has 132 valence electrons. The van der Waals surface area contributed by atoms with E-state index in [0.29, 0.717) is 12.1 Å². The van der Waals surface area contributed by atoms with E-state index in [1.54, 1.807) is 6.07 Å². The standard InChI is InChI=1S/C20H17F2N3O/c1-13-4-2-5-14(10-13)11-24-20(26)15-8-9-18(23-12-15)25-19-16(21)6-3-7-17(19)22/h2-10,12H,11H2,1H3,(H,23,25)(H,24,26). The van der Waals surface area contributed by atoms with Crippen LogP contribution < -0.4 is 10.6 Å². The van der Waals surface area contributed by atoms with Gasteiger partial charge < -0.3 is 10.6 Å². The van der Waals surface area contributed by atoms with Gasteiger partial charge in [0.25, 0.3) is 5.91 Å². The van der Waals surface area contributed by atoms with Crippen LogP contribution in [-0.4, -0.2) is 10.9 Å². The molecule has 0 aliphatic rings. The largest absolute Gasteiger partial charge is 0.348 e. The van der Waals surface area contributed by atoms with E-state index in [2.05, 4.69) is 15.6 Å². The van der Waals surface area contributed by atoms with Gasteiger partial charge in [-0.05, 0) is 36.8 Å². The first-order valence-electron chi connectivity index (χ1n) is 8.04.